The summed E-state index contributed by atoms with van der Waals surface area (Å²) in [5, 5.41) is 13.8. The maximum Gasteiger partial charge on any atom is 0.0540 e. The Morgan fingerprint density at radius 1 is 1.19 bits per heavy atom. The number of nitrogens with one attached hydrogen (secondary N) is 1. The molecule has 1 aliphatic heterocycles. The van der Waals surface area contributed by atoms with Crippen molar-refractivity contribution in [2.75, 3.05) is 26.2 Å². The molecule has 2 N–H and O–H groups in total. The fourth-order valence-corrected chi connectivity index (χ4v) is 3.87. The molecule has 0 spiro atoms. The highest BCUT2D eigenvalue weighted by Crippen LogP contribution is 2.27. The number of rotatable bonds is 8. The average Bonchev–Trinajstić information content (AvgIpc) is 2.35. The van der Waals surface area contributed by atoms with Gasteiger partial charge in [-0.3, -0.25) is 0 Å². The Balaban J connectivity index is 1.82. The van der Waals surface area contributed by atoms with E-state index in [-0.39, 0.29) is 6.10 Å². The number of hydrogen-bond donors (Lipinski definition) is 2. The van der Waals surface area contributed by atoms with Crippen molar-refractivity contribution in [1.29, 1.82) is 0 Å². The number of aliphatic hydroxyl groups excluding tert-OH is 1. The Bertz CT molecular complexity index is 291. The van der Waals surface area contributed by atoms with Crippen LogP contribution in [-0.2, 0) is 0 Å². The van der Waals surface area contributed by atoms with Gasteiger partial charge < -0.3 is 15.3 Å². The zero-order valence-corrected chi connectivity index (χ0v) is 14.4. The topological polar surface area (TPSA) is 35.5 Å². The first kappa shape index (κ1) is 17.2. The standard InChI is InChI=1S/C18H36N2O/c1-4-18(21)9-16-8-17(19-10-15-6-5-7-15)13-20(12-16)11-14(2)3/h14-19,21H,4-13H2,1-3H3. The van der Waals surface area contributed by atoms with E-state index in [1.54, 1.807) is 0 Å². The van der Waals surface area contributed by atoms with Crippen molar-refractivity contribution in [2.45, 2.75) is 71.4 Å². The lowest BCUT2D eigenvalue weighted by molar-refractivity contribution is 0.0764. The molecule has 2 aliphatic rings. The van der Waals surface area contributed by atoms with Crippen LogP contribution < -0.4 is 5.32 Å². The summed E-state index contributed by atoms with van der Waals surface area (Å²) in [4.78, 5) is 2.62. The monoisotopic (exact) mass is 296 g/mol. The lowest BCUT2D eigenvalue weighted by atomic mass is 9.84. The van der Waals surface area contributed by atoms with Crippen LogP contribution >= 0.6 is 0 Å². The van der Waals surface area contributed by atoms with Crippen molar-refractivity contribution in [3.8, 4) is 0 Å². The van der Waals surface area contributed by atoms with Crippen LogP contribution in [0.4, 0.5) is 0 Å². The third kappa shape index (κ3) is 5.88. The van der Waals surface area contributed by atoms with E-state index in [0.717, 1.165) is 24.7 Å². The number of piperidine rings is 1. The molecule has 0 aromatic heterocycles. The zero-order valence-electron chi connectivity index (χ0n) is 14.4. The van der Waals surface area contributed by atoms with Crippen LogP contribution in [0.5, 0.6) is 0 Å². The first-order valence-corrected chi connectivity index (χ1v) is 9.20. The van der Waals surface area contributed by atoms with Crippen LogP contribution in [0.3, 0.4) is 0 Å². The Morgan fingerprint density at radius 3 is 2.52 bits per heavy atom. The van der Waals surface area contributed by atoms with Crippen molar-refractivity contribution in [3.63, 3.8) is 0 Å². The summed E-state index contributed by atoms with van der Waals surface area (Å²) in [6.07, 6.45) is 7.29. The molecular formula is C18H36N2O. The minimum absolute atomic E-state index is 0.110. The van der Waals surface area contributed by atoms with Gasteiger partial charge in [-0.1, -0.05) is 27.2 Å². The van der Waals surface area contributed by atoms with E-state index < -0.39 is 0 Å². The van der Waals surface area contributed by atoms with Crippen LogP contribution in [0.2, 0.25) is 0 Å². The highest BCUT2D eigenvalue weighted by molar-refractivity contribution is 4.86. The molecule has 3 unspecified atom stereocenters. The van der Waals surface area contributed by atoms with Gasteiger partial charge in [0.2, 0.25) is 0 Å². The number of likely N-dealkylation sites (tertiary alicyclic amines) is 1. The summed E-state index contributed by atoms with van der Waals surface area (Å²) in [5.41, 5.74) is 0. The Labute approximate surface area is 131 Å². The smallest absolute Gasteiger partial charge is 0.0540 e. The van der Waals surface area contributed by atoms with Crippen LogP contribution in [0.1, 0.15) is 59.3 Å². The van der Waals surface area contributed by atoms with E-state index in [1.165, 1.54) is 51.9 Å². The predicted octanol–water partition coefficient (Wildman–Crippen LogP) is 2.88. The van der Waals surface area contributed by atoms with Crippen molar-refractivity contribution >= 4 is 0 Å². The molecular weight excluding hydrogens is 260 g/mol. The van der Waals surface area contributed by atoms with Crippen molar-refractivity contribution in [3.05, 3.63) is 0 Å². The maximum atomic E-state index is 9.99. The maximum absolute atomic E-state index is 9.99. The van der Waals surface area contributed by atoms with Crippen molar-refractivity contribution in [1.82, 2.24) is 10.2 Å². The van der Waals surface area contributed by atoms with Crippen molar-refractivity contribution in [2.24, 2.45) is 17.8 Å². The third-order valence-corrected chi connectivity index (χ3v) is 5.23. The summed E-state index contributed by atoms with van der Waals surface area (Å²) in [5.74, 6) is 2.32. The van der Waals surface area contributed by atoms with Gasteiger partial charge in [0.05, 0.1) is 6.10 Å². The molecule has 3 nitrogen and oxygen atoms in total. The lowest BCUT2D eigenvalue weighted by Crippen LogP contribution is -2.51. The van der Waals surface area contributed by atoms with Gasteiger partial charge in [0.1, 0.15) is 0 Å². The molecule has 1 heterocycles. The molecule has 2 rings (SSSR count). The molecule has 1 saturated carbocycles. The zero-order chi connectivity index (χ0) is 15.2. The lowest BCUT2D eigenvalue weighted by Gasteiger charge is -2.40. The molecule has 0 aromatic rings. The van der Waals surface area contributed by atoms with Gasteiger partial charge in [-0.15, -0.1) is 0 Å². The molecule has 1 saturated heterocycles. The second kappa shape index (κ2) is 8.50. The van der Waals surface area contributed by atoms with E-state index in [9.17, 15) is 5.11 Å². The van der Waals surface area contributed by atoms with E-state index in [2.05, 4.69) is 31.0 Å². The van der Waals surface area contributed by atoms with Crippen molar-refractivity contribution < 1.29 is 5.11 Å². The minimum atomic E-state index is -0.110. The molecule has 3 atom stereocenters. The second-order valence-corrected chi connectivity index (χ2v) is 7.91. The summed E-state index contributed by atoms with van der Waals surface area (Å²) < 4.78 is 0. The van der Waals surface area contributed by atoms with E-state index >= 15 is 0 Å². The molecule has 124 valence electrons. The highest BCUT2D eigenvalue weighted by atomic mass is 16.3. The molecule has 2 fully saturated rings. The summed E-state index contributed by atoms with van der Waals surface area (Å²) >= 11 is 0. The molecule has 0 amide bonds. The molecule has 0 aromatic carbocycles. The van der Waals surface area contributed by atoms with Gasteiger partial charge in [-0.25, -0.2) is 0 Å². The Kier molecular flexibility index (Phi) is 6.97. The molecule has 1 aliphatic carbocycles. The molecule has 3 heteroatoms. The van der Waals surface area contributed by atoms with Gasteiger partial charge >= 0.3 is 0 Å². The molecule has 0 radical (unpaired) electrons. The fraction of sp³-hybridized carbons (Fsp3) is 1.00. The van der Waals surface area contributed by atoms with Gasteiger partial charge in [0.25, 0.3) is 0 Å². The van der Waals surface area contributed by atoms with Gasteiger partial charge in [-0.2, -0.15) is 0 Å². The highest BCUT2D eigenvalue weighted by Gasteiger charge is 2.29. The number of nitrogens with zero attached hydrogens (tertiary/aromatic N) is 1. The van der Waals surface area contributed by atoms with E-state index in [0.29, 0.717) is 12.0 Å². The first-order valence-electron chi connectivity index (χ1n) is 9.20. The average molecular weight is 296 g/mol. The van der Waals surface area contributed by atoms with Gasteiger partial charge in [-0.05, 0) is 56.4 Å². The van der Waals surface area contributed by atoms with E-state index in [1.807, 2.05) is 0 Å². The number of aliphatic hydroxyl groups is 1. The largest absolute Gasteiger partial charge is 0.393 e. The Morgan fingerprint density at radius 2 is 1.95 bits per heavy atom. The SMILES string of the molecule is CCC(O)CC1CC(NCC2CCC2)CN(CC(C)C)C1. The minimum Gasteiger partial charge on any atom is -0.393 e. The molecule has 0 bridgehead atoms. The van der Waals surface area contributed by atoms with E-state index in [4.69, 9.17) is 0 Å². The Hall–Kier alpha value is -0.120. The first-order chi connectivity index (χ1) is 10.1. The van der Waals surface area contributed by atoms with Crippen LogP contribution in [-0.4, -0.2) is 48.3 Å². The quantitative estimate of drug-likeness (QED) is 0.723. The second-order valence-electron chi connectivity index (χ2n) is 7.91. The van der Waals surface area contributed by atoms with Crippen LogP contribution in [0, 0.1) is 17.8 Å². The predicted molar refractivity (Wildman–Crippen MR) is 89.4 cm³/mol. The fourth-order valence-electron chi connectivity index (χ4n) is 3.87. The molecule has 21 heavy (non-hydrogen) atoms. The van der Waals surface area contributed by atoms with Crippen LogP contribution in [0.25, 0.3) is 0 Å². The number of hydrogen-bond acceptors (Lipinski definition) is 3. The third-order valence-electron chi connectivity index (χ3n) is 5.23. The van der Waals surface area contributed by atoms with Gasteiger partial charge in [0.15, 0.2) is 0 Å². The van der Waals surface area contributed by atoms with Gasteiger partial charge in [0, 0.05) is 25.7 Å². The summed E-state index contributed by atoms with van der Waals surface area (Å²) in [7, 11) is 0. The van der Waals surface area contributed by atoms with Crippen LogP contribution in [0.15, 0.2) is 0 Å². The summed E-state index contributed by atoms with van der Waals surface area (Å²) in [6, 6.07) is 0.632. The normalized spacial score (nSPS) is 29.6. The summed E-state index contributed by atoms with van der Waals surface area (Å²) in [6.45, 7) is 11.5.